The minimum absolute atomic E-state index is 0.168. The van der Waals surface area contributed by atoms with Crippen molar-refractivity contribution in [2.24, 2.45) is 64.6 Å². The van der Waals surface area contributed by atoms with Gasteiger partial charge in [-0.25, -0.2) is 0 Å². The zero-order valence-corrected chi connectivity index (χ0v) is 18.8. The van der Waals surface area contributed by atoms with Crippen LogP contribution < -0.4 is 0 Å². The van der Waals surface area contributed by atoms with Crippen molar-refractivity contribution < 1.29 is 9.53 Å². The number of methoxy groups -OCH3 is 1. The van der Waals surface area contributed by atoms with Crippen molar-refractivity contribution in [2.75, 3.05) is 27.7 Å². The van der Waals surface area contributed by atoms with Crippen molar-refractivity contribution >= 4 is 5.97 Å². The molecule has 8 rings (SSSR count). The van der Waals surface area contributed by atoms with E-state index >= 15 is 0 Å². The number of rotatable bonds is 5. The highest BCUT2D eigenvalue weighted by molar-refractivity contribution is 5.78. The van der Waals surface area contributed by atoms with Crippen LogP contribution in [0.4, 0.5) is 0 Å². The Hall–Kier alpha value is -0.570. The van der Waals surface area contributed by atoms with Gasteiger partial charge >= 0.3 is 5.97 Å². The minimum Gasteiger partial charge on any atom is -0.469 e. The van der Waals surface area contributed by atoms with E-state index in [-0.39, 0.29) is 11.4 Å². The summed E-state index contributed by atoms with van der Waals surface area (Å²) in [5.74, 6) is 8.28. The molecule has 0 saturated heterocycles. The predicted octanol–water partition coefficient (Wildman–Crippen LogP) is 4.85. The molecule has 8 aliphatic rings. The highest BCUT2D eigenvalue weighted by Gasteiger charge is 2.66. The van der Waals surface area contributed by atoms with Crippen LogP contribution in [0.3, 0.4) is 0 Å². The van der Waals surface area contributed by atoms with Gasteiger partial charge < -0.3 is 9.64 Å². The molecule has 0 N–H and O–H groups in total. The second kappa shape index (κ2) is 6.71. The van der Waals surface area contributed by atoms with Crippen LogP contribution >= 0.6 is 0 Å². The summed E-state index contributed by atoms with van der Waals surface area (Å²) in [5, 5.41) is 0. The standard InChI is InChI=1S/C26H41NO2/c1-27(2)14-26(25(28)29-3,23-19-6-15-4-16(8-19)9-20(23)7-15)24-21-10-17-5-18(12-21)13-22(24)11-17/h15-24H,4-14H2,1-3H3. The van der Waals surface area contributed by atoms with Crippen molar-refractivity contribution in [1.82, 2.24) is 4.90 Å². The Balaban J connectivity index is 1.45. The fraction of sp³-hybridized carbons (Fsp3) is 0.962. The first-order valence-corrected chi connectivity index (χ1v) is 12.7. The van der Waals surface area contributed by atoms with Crippen molar-refractivity contribution in [3.8, 4) is 0 Å². The van der Waals surface area contributed by atoms with E-state index < -0.39 is 0 Å². The molecule has 8 saturated carbocycles. The van der Waals surface area contributed by atoms with E-state index in [4.69, 9.17) is 4.74 Å². The van der Waals surface area contributed by atoms with Crippen molar-refractivity contribution in [3.05, 3.63) is 0 Å². The van der Waals surface area contributed by atoms with Gasteiger partial charge in [0, 0.05) is 6.54 Å². The molecule has 8 aliphatic carbocycles. The third-order valence-corrected chi connectivity index (χ3v) is 10.8. The monoisotopic (exact) mass is 399 g/mol. The molecule has 0 aromatic heterocycles. The highest BCUT2D eigenvalue weighted by atomic mass is 16.5. The van der Waals surface area contributed by atoms with Crippen LogP contribution in [0, 0.1) is 64.6 Å². The first kappa shape index (κ1) is 19.1. The van der Waals surface area contributed by atoms with Gasteiger partial charge in [-0.2, -0.15) is 0 Å². The molecule has 162 valence electrons. The lowest BCUT2D eigenvalue weighted by molar-refractivity contribution is -0.205. The number of ether oxygens (including phenoxy) is 1. The lowest BCUT2D eigenvalue weighted by Crippen LogP contribution is -2.65. The van der Waals surface area contributed by atoms with Crippen molar-refractivity contribution in [3.63, 3.8) is 0 Å². The van der Waals surface area contributed by atoms with Crippen LogP contribution in [0.25, 0.3) is 0 Å². The quantitative estimate of drug-likeness (QED) is 0.619. The molecule has 0 heterocycles. The molecule has 8 fully saturated rings. The molecule has 0 aromatic rings. The van der Waals surface area contributed by atoms with Gasteiger partial charge in [-0.1, -0.05) is 0 Å². The molecule has 3 heteroatoms. The van der Waals surface area contributed by atoms with Crippen LogP contribution in [0.15, 0.2) is 0 Å². The lowest BCUT2D eigenvalue weighted by atomic mass is 9.39. The summed E-state index contributed by atoms with van der Waals surface area (Å²) in [5.41, 5.74) is -0.260. The average molecular weight is 400 g/mol. The van der Waals surface area contributed by atoms with Gasteiger partial charge in [-0.15, -0.1) is 0 Å². The molecule has 0 unspecified atom stereocenters. The van der Waals surface area contributed by atoms with E-state index in [0.717, 1.165) is 53.9 Å². The minimum atomic E-state index is -0.260. The first-order valence-electron chi connectivity index (χ1n) is 12.7. The van der Waals surface area contributed by atoms with Gasteiger partial charge in [0.15, 0.2) is 0 Å². The molecule has 8 bridgehead atoms. The Kier molecular flexibility index (Phi) is 4.43. The van der Waals surface area contributed by atoms with Gasteiger partial charge in [-0.3, -0.25) is 4.79 Å². The summed E-state index contributed by atoms with van der Waals surface area (Å²) in [7, 11) is 6.08. The topological polar surface area (TPSA) is 29.5 Å². The summed E-state index contributed by atoms with van der Waals surface area (Å²) in [4.78, 5) is 16.3. The number of esters is 1. The smallest absolute Gasteiger partial charge is 0.313 e. The maximum Gasteiger partial charge on any atom is 0.313 e. The van der Waals surface area contributed by atoms with Crippen LogP contribution in [-0.2, 0) is 9.53 Å². The molecule has 0 amide bonds. The van der Waals surface area contributed by atoms with Gasteiger partial charge in [0.2, 0.25) is 0 Å². The van der Waals surface area contributed by atoms with E-state index in [1.165, 1.54) is 64.2 Å². The lowest BCUT2D eigenvalue weighted by Gasteiger charge is -2.65. The van der Waals surface area contributed by atoms with Crippen molar-refractivity contribution in [1.29, 1.82) is 0 Å². The third-order valence-electron chi connectivity index (χ3n) is 10.8. The Labute approximate surface area is 177 Å². The highest BCUT2D eigenvalue weighted by Crippen LogP contribution is 2.68. The van der Waals surface area contributed by atoms with Crippen molar-refractivity contribution in [2.45, 2.75) is 64.2 Å². The van der Waals surface area contributed by atoms with Crippen LogP contribution in [0.2, 0.25) is 0 Å². The van der Waals surface area contributed by atoms with Gasteiger partial charge in [0.25, 0.3) is 0 Å². The largest absolute Gasteiger partial charge is 0.469 e. The number of hydrogen-bond donors (Lipinski definition) is 0. The maximum absolute atomic E-state index is 14.0. The first-order chi connectivity index (χ1) is 14.0. The Bertz CT molecular complexity index is 572. The summed E-state index contributed by atoms with van der Waals surface area (Å²) >= 11 is 0. The van der Waals surface area contributed by atoms with Crippen LogP contribution in [-0.4, -0.2) is 38.6 Å². The molecular formula is C26H41NO2. The molecule has 0 aromatic carbocycles. The molecule has 0 atom stereocenters. The summed E-state index contributed by atoms with van der Waals surface area (Å²) < 4.78 is 5.76. The third kappa shape index (κ3) is 2.74. The number of carbonyl (C=O) groups excluding carboxylic acids is 1. The summed E-state index contributed by atoms with van der Waals surface area (Å²) in [6.45, 7) is 0.916. The maximum atomic E-state index is 14.0. The normalized spacial score (nSPS) is 51.4. The second-order valence-corrected chi connectivity index (χ2v) is 12.7. The van der Waals surface area contributed by atoms with E-state index in [1.807, 2.05) is 0 Å². The van der Waals surface area contributed by atoms with Crippen LogP contribution in [0.1, 0.15) is 64.2 Å². The molecule has 3 nitrogen and oxygen atoms in total. The van der Waals surface area contributed by atoms with E-state index in [0.29, 0.717) is 11.8 Å². The van der Waals surface area contributed by atoms with E-state index in [1.54, 1.807) is 7.11 Å². The average Bonchev–Trinajstić information content (AvgIpc) is 2.64. The summed E-state index contributed by atoms with van der Waals surface area (Å²) in [6.07, 6.45) is 14.2. The fourth-order valence-electron chi connectivity index (χ4n) is 11.0. The summed E-state index contributed by atoms with van der Waals surface area (Å²) in [6, 6.07) is 0. The van der Waals surface area contributed by atoms with Gasteiger partial charge in [0.05, 0.1) is 12.5 Å². The zero-order chi connectivity index (χ0) is 19.9. The number of nitrogens with zero attached hydrogens (tertiary/aromatic N) is 1. The SMILES string of the molecule is COC(=O)C(CN(C)C)(C1C2CC3CC(C2)CC1C3)C1C2CC3CC(C2)CC1C3. The zero-order valence-electron chi connectivity index (χ0n) is 18.8. The predicted molar refractivity (Wildman–Crippen MR) is 114 cm³/mol. The Morgan fingerprint density at radius 1 is 0.724 bits per heavy atom. The Morgan fingerprint density at radius 2 is 1.07 bits per heavy atom. The molecular weight excluding hydrogens is 358 g/mol. The Morgan fingerprint density at radius 3 is 1.34 bits per heavy atom. The molecule has 0 radical (unpaired) electrons. The van der Waals surface area contributed by atoms with Gasteiger partial charge in [-0.05, 0) is 137 Å². The van der Waals surface area contributed by atoms with Crippen LogP contribution in [0.5, 0.6) is 0 Å². The van der Waals surface area contributed by atoms with E-state index in [9.17, 15) is 4.79 Å². The molecule has 0 aliphatic heterocycles. The van der Waals surface area contributed by atoms with Gasteiger partial charge in [0.1, 0.15) is 0 Å². The number of hydrogen-bond acceptors (Lipinski definition) is 3. The van der Waals surface area contributed by atoms with E-state index in [2.05, 4.69) is 19.0 Å². The molecule has 29 heavy (non-hydrogen) atoms. The number of carbonyl (C=O) groups is 1. The second-order valence-electron chi connectivity index (χ2n) is 12.7. The molecule has 0 spiro atoms. The fourth-order valence-corrected chi connectivity index (χ4v) is 11.0.